The summed E-state index contributed by atoms with van der Waals surface area (Å²) < 4.78 is 42.0. The highest BCUT2D eigenvalue weighted by molar-refractivity contribution is 7.89. The van der Waals surface area contributed by atoms with Crippen molar-refractivity contribution in [3.63, 3.8) is 0 Å². The zero-order valence-corrected chi connectivity index (χ0v) is 17.4. The Balaban J connectivity index is 2.22. The fraction of sp³-hybridized carbons (Fsp3) is 0.278. The number of nitrogens with zero attached hydrogens (tertiary/aromatic N) is 1. The SMILES string of the molecule is COc1ccc(OC)c(NC(=O)CN(C)S(=O)(=O)c2cc(Cl)ccc2OC)c1. The van der Waals surface area contributed by atoms with Crippen LogP contribution < -0.4 is 19.5 Å². The van der Waals surface area contributed by atoms with E-state index >= 15 is 0 Å². The van der Waals surface area contributed by atoms with Crippen LogP contribution in [-0.2, 0) is 14.8 Å². The monoisotopic (exact) mass is 428 g/mol. The predicted octanol–water partition coefficient (Wildman–Crippen LogP) is 2.63. The highest BCUT2D eigenvalue weighted by atomic mass is 35.5. The van der Waals surface area contributed by atoms with Crippen molar-refractivity contribution < 1.29 is 27.4 Å². The van der Waals surface area contributed by atoms with Gasteiger partial charge in [0.1, 0.15) is 22.1 Å². The number of carbonyl (C=O) groups is 1. The van der Waals surface area contributed by atoms with Crippen LogP contribution in [0, 0.1) is 0 Å². The molecule has 10 heteroatoms. The Morgan fingerprint density at radius 2 is 1.68 bits per heavy atom. The van der Waals surface area contributed by atoms with E-state index in [0.717, 1.165) is 4.31 Å². The standard InChI is InChI=1S/C18H21ClN2O6S/c1-21(28(23,24)17-9-12(19)5-7-16(17)27-4)11-18(22)20-14-10-13(25-2)6-8-15(14)26-3/h5-10H,11H2,1-4H3,(H,20,22). The molecule has 0 aliphatic rings. The number of ether oxygens (including phenoxy) is 3. The normalized spacial score (nSPS) is 11.2. The van der Waals surface area contributed by atoms with Gasteiger partial charge in [0.25, 0.3) is 0 Å². The van der Waals surface area contributed by atoms with Crippen molar-refractivity contribution in [2.75, 3.05) is 40.2 Å². The Morgan fingerprint density at radius 1 is 1.04 bits per heavy atom. The number of rotatable bonds is 8. The summed E-state index contributed by atoms with van der Waals surface area (Å²) in [5.74, 6) is 0.502. The third kappa shape index (κ3) is 4.86. The van der Waals surface area contributed by atoms with Gasteiger partial charge in [-0.15, -0.1) is 0 Å². The third-order valence-corrected chi connectivity index (χ3v) is 5.92. The van der Waals surface area contributed by atoms with E-state index in [0.29, 0.717) is 17.2 Å². The van der Waals surface area contributed by atoms with Crippen LogP contribution in [0.4, 0.5) is 5.69 Å². The van der Waals surface area contributed by atoms with Crippen LogP contribution in [0.2, 0.25) is 5.02 Å². The lowest BCUT2D eigenvalue weighted by atomic mass is 10.2. The van der Waals surface area contributed by atoms with Crippen LogP contribution in [0.5, 0.6) is 17.2 Å². The van der Waals surface area contributed by atoms with Crippen LogP contribution in [-0.4, -0.2) is 53.6 Å². The first-order chi connectivity index (χ1) is 13.2. The topological polar surface area (TPSA) is 94.2 Å². The summed E-state index contributed by atoms with van der Waals surface area (Å²) in [7, 11) is 1.58. The molecule has 1 N–H and O–H groups in total. The zero-order chi connectivity index (χ0) is 20.9. The first kappa shape index (κ1) is 21.8. The number of nitrogens with one attached hydrogen (secondary N) is 1. The molecule has 152 valence electrons. The lowest BCUT2D eigenvalue weighted by Crippen LogP contribution is -2.35. The largest absolute Gasteiger partial charge is 0.497 e. The van der Waals surface area contributed by atoms with E-state index in [4.69, 9.17) is 25.8 Å². The summed E-state index contributed by atoms with van der Waals surface area (Å²) in [6.45, 7) is -0.432. The van der Waals surface area contributed by atoms with Gasteiger partial charge in [0.15, 0.2) is 0 Å². The van der Waals surface area contributed by atoms with Gasteiger partial charge in [0.2, 0.25) is 15.9 Å². The third-order valence-electron chi connectivity index (χ3n) is 3.86. The molecular weight excluding hydrogens is 408 g/mol. The summed E-state index contributed by atoms with van der Waals surface area (Å²) in [5, 5.41) is 2.86. The molecule has 0 unspecified atom stereocenters. The lowest BCUT2D eigenvalue weighted by Gasteiger charge is -2.19. The minimum atomic E-state index is -4.01. The molecule has 0 bridgehead atoms. The van der Waals surface area contributed by atoms with Crippen LogP contribution in [0.1, 0.15) is 0 Å². The maximum Gasteiger partial charge on any atom is 0.247 e. The van der Waals surface area contributed by atoms with Crippen molar-refractivity contribution in [1.29, 1.82) is 0 Å². The summed E-state index contributed by atoms with van der Waals surface area (Å²) in [6.07, 6.45) is 0. The van der Waals surface area contributed by atoms with Crippen LogP contribution in [0.25, 0.3) is 0 Å². The Hall–Kier alpha value is -2.49. The number of halogens is 1. The van der Waals surface area contributed by atoms with Crippen molar-refractivity contribution in [2.24, 2.45) is 0 Å². The van der Waals surface area contributed by atoms with Crippen molar-refractivity contribution in [3.05, 3.63) is 41.4 Å². The second-order valence-corrected chi connectivity index (χ2v) is 8.12. The van der Waals surface area contributed by atoms with Crippen molar-refractivity contribution >= 4 is 33.2 Å². The van der Waals surface area contributed by atoms with Crippen LogP contribution >= 0.6 is 11.6 Å². The Kier molecular flexibility index (Phi) is 7.11. The van der Waals surface area contributed by atoms with Crippen molar-refractivity contribution in [3.8, 4) is 17.2 Å². The van der Waals surface area contributed by atoms with E-state index in [-0.39, 0.29) is 15.7 Å². The Labute approximate surface area is 169 Å². The molecule has 0 saturated carbocycles. The number of carbonyl (C=O) groups excluding carboxylic acids is 1. The van der Waals surface area contributed by atoms with Crippen LogP contribution in [0.3, 0.4) is 0 Å². The van der Waals surface area contributed by atoms with Gasteiger partial charge >= 0.3 is 0 Å². The highest BCUT2D eigenvalue weighted by Gasteiger charge is 2.27. The molecule has 0 spiro atoms. The average Bonchev–Trinajstić information content (AvgIpc) is 2.67. The number of amides is 1. The molecular formula is C18H21ClN2O6S. The van der Waals surface area contributed by atoms with Gasteiger partial charge in [-0.1, -0.05) is 11.6 Å². The number of methoxy groups -OCH3 is 3. The number of hydrogen-bond donors (Lipinski definition) is 1. The van der Waals surface area contributed by atoms with Crippen LogP contribution in [0.15, 0.2) is 41.3 Å². The summed E-state index contributed by atoms with van der Waals surface area (Å²) in [6, 6.07) is 9.12. The second kappa shape index (κ2) is 9.13. The second-order valence-electron chi connectivity index (χ2n) is 5.67. The van der Waals surface area contributed by atoms with E-state index in [1.54, 1.807) is 18.2 Å². The lowest BCUT2D eigenvalue weighted by molar-refractivity contribution is -0.116. The van der Waals surface area contributed by atoms with Gasteiger partial charge < -0.3 is 19.5 Å². The molecule has 2 rings (SSSR count). The van der Waals surface area contributed by atoms with E-state index in [1.165, 1.54) is 46.6 Å². The van der Waals surface area contributed by atoms with Gasteiger partial charge in [0, 0.05) is 18.1 Å². The maximum atomic E-state index is 12.8. The molecule has 0 aliphatic carbocycles. The van der Waals surface area contributed by atoms with Crippen molar-refractivity contribution in [2.45, 2.75) is 4.90 Å². The summed E-state index contributed by atoms with van der Waals surface area (Å²) in [4.78, 5) is 12.3. The van der Waals surface area contributed by atoms with Gasteiger partial charge in [-0.2, -0.15) is 4.31 Å². The molecule has 2 aromatic carbocycles. The van der Waals surface area contributed by atoms with E-state index in [2.05, 4.69) is 5.32 Å². The fourth-order valence-corrected chi connectivity index (χ4v) is 3.95. The quantitative estimate of drug-likeness (QED) is 0.694. The number of likely N-dealkylation sites (N-methyl/N-ethyl adjacent to an activating group) is 1. The van der Waals surface area contributed by atoms with Gasteiger partial charge in [-0.05, 0) is 30.3 Å². The minimum Gasteiger partial charge on any atom is -0.497 e. The molecule has 0 atom stereocenters. The molecule has 0 aromatic heterocycles. The van der Waals surface area contributed by atoms with Gasteiger partial charge in [-0.25, -0.2) is 8.42 Å². The maximum absolute atomic E-state index is 12.8. The molecule has 8 nitrogen and oxygen atoms in total. The molecule has 0 saturated heterocycles. The molecule has 0 aliphatic heterocycles. The summed E-state index contributed by atoms with van der Waals surface area (Å²) in [5.41, 5.74) is 0.359. The van der Waals surface area contributed by atoms with E-state index < -0.39 is 22.5 Å². The predicted molar refractivity (Wildman–Crippen MR) is 106 cm³/mol. The fourth-order valence-electron chi connectivity index (χ4n) is 2.41. The zero-order valence-electron chi connectivity index (χ0n) is 15.9. The minimum absolute atomic E-state index is 0.128. The number of sulfonamides is 1. The molecule has 0 radical (unpaired) electrons. The van der Waals surface area contributed by atoms with Gasteiger partial charge in [0.05, 0.1) is 33.6 Å². The number of anilines is 1. The van der Waals surface area contributed by atoms with Gasteiger partial charge in [-0.3, -0.25) is 4.79 Å². The Bertz CT molecular complexity index is 965. The first-order valence-corrected chi connectivity index (χ1v) is 9.86. The first-order valence-electron chi connectivity index (χ1n) is 8.04. The molecule has 28 heavy (non-hydrogen) atoms. The smallest absolute Gasteiger partial charge is 0.247 e. The highest BCUT2D eigenvalue weighted by Crippen LogP contribution is 2.30. The van der Waals surface area contributed by atoms with Crippen molar-refractivity contribution in [1.82, 2.24) is 4.31 Å². The number of benzene rings is 2. The number of hydrogen-bond acceptors (Lipinski definition) is 6. The average molecular weight is 429 g/mol. The molecule has 0 fully saturated rings. The molecule has 1 amide bonds. The Morgan fingerprint density at radius 3 is 2.29 bits per heavy atom. The molecule has 2 aromatic rings. The van der Waals surface area contributed by atoms with E-state index in [1.807, 2.05) is 0 Å². The molecule has 0 heterocycles. The van der Waals surface area contributed by atoms with E-state index in [9.17, 15) is 13.2 Å². The summed E-state index contributed by atoms with van der Waals surface area (Å²) >= 11 is 5.92.